The quantitative estimate of drug-likeness (QED) is 0.237. The number of ether oxygens (including phenoxy) is 1. The van der Waals surface area contributed by atoms with Crippen LogP contribution in [0.2, 0.25) is 0 Å². The maximum absolute atomic E-state index is 13.5. The minimum atomic E-state index is -0.834. The van der Waals surface area contributed by atoms with Crippen LogP contribution >= 0.6 is 11.3 Å². The summed E-state index contributed by atoms with van der Waals surface area (Å²) in [5.74, 6) is 1.59. The lowest BCUT2D eigenvalue weighted by Gasteiger charge is -2.57. The number of halogens is 1. The van der Waals surface area contributed by atoms with Gasteiger partial charge < -0.3 is 26.4 Å². The van der Waals surface area contributed by atoms with E-state index in [1.54, 1.807) is 31.2 Å². The molecule has 1 heterocycles. The van der Waals surface area contributed by atoms with Crippen molar-refractivity contribution in [2.75, 3.05) is 23.8 Å². The molecule has 1 atom stereocenters. The van der Waals surface area contributed by atoms with Crippen LogP contribution in [0.5, 0.6) is 5.75 Å². The summed E-state index contributed by atoms with van der Waals surface area (Å²) >= 11 is 1.01. The van der Waals surface area contributed by atoms with Gasteiger partial charge in [0.1, 0.15) is 28.3 Å². The maximum atomic E-state index is 13.5. The van der Waals surface area contributed by atoms with E-state index in [9.17, 15) is 18.8 Å². The molecule has 4 aliphatic rings. The van der Waals surface area contributed by atoms with Gasteiger partial charge in [-0.3, -0.25) is 14.4 Å². The third kappa shape index (κ3) is 6.29. The van der Waals surface area contributed by atoms with Crippen LogP contribution in [0.1, 0.15) is 67.1 Å². The minimum absolute atomic E-state index is 0.00400. The lowest BCUT2D eigenvalue weighted by Crippen LogP contribution is -2.47. The summed E-state index contributed by atoms with van der Waals surface area (Å²) in [5, 5.41) is 3.31. The second-order valence-corrected chi connectivity index (χ2v) is 13.8. The summed E-state index contributed by atoms with van der Waals surface area (Å²) in [6.07, 6.45) is 9.25. The predicted octanol–water partition coefficient (Wildman–Crippen LogP) is 5.21. The van der Waals surface area contributed by atoms with E-state index in [1.165, 1.54) is 67.7 Å². The molecule has 7 rings (SSSR count). The number of carbonyl (C=O) groups is 3. The SMILES string of the molecule is CC(C(N)=O)N(c1ccc(F)cc1)c1nc(N)c(C(=O)c2ccc(OCC(=O)NCCC34CC5CC(CC(C5)C3)C4)cc2)s1. The van der Waals surface area contributed by atoms with E-state index < -0.39 is 17.8 Å². The van der Waals surface area contributed by atoms with Gasteiger partial charge in [0.25, 0.3) is 5.91 Å². The van der Waals surface area contributed by atoms with Crippen molar-refractivity contribution in [3.05, 3.63) is 64.8 Å². The Kier molecular flexibility index (Phi) is 8.32. The summed E-state index contributed by atoms with van der Waals surface area (Å²) < 4.78 is 19.2. The Bertz CT molecular complexity index is 1510. The van der Waals surface area contributed by atoms with Gasteiger partial charge in [-0.05, 0) is 124 Å². The normalized spacial score (nSPS) is 24.1. The molecule has 4 bridgehead atoms. The van der Waals surface area contributed by atoms with Crippen molar-refractivity contribution in [3.63, 3.8) is 0 Å². The molecule has 4 aliphatic carbocycles. The number of primary amides is 1. The monoisotopic (exact) mass is 619 g/mol. The second-order valence-electron chi connectivity index (χ2n) is 12.8. The first-order chi connectivity index (χ1) is 21.1. The van der Waals surface area contributed by atoms with Gasteiger partial charge in [0, 0.05) is 17.8 Å². The molecule has 11 heteroatoms. The van der Waals surface area contributed by atoms with Crippen LogP contribution in [0.25, 0.3) is 0 Å². The fourth-order valence-corrected chi connectivity index (χ4v) is 8.96. The van der Waals surface area contributed by atoms with Gasteiger partial charge in [-0.15, -0.1) is 0 Å². The number of amides is 2. The second kappa shape index (κ2) is 12.2. The molecular formula is C33H38FN5O4S. The lowest BCUT2D eigenvalue weighted by atomic mass is 9.49. The molecular weight excluding hydrogens is 581 g/mol. The highest BCUT2D eigenvalue weighted by molar-refractivity contribution is 7.18. The number of rotatable bonds is 12. The fourth-order valence-electron chi connectivity index (χ4n) is 7.91. The zero-order chi connectivity index (χ0) is 31.0. The molecule has 2 aromatic carbocycles. The smallest absolute Gasteiger partial charge is 0.257 e. The van der Waals surface area contributed by atoms with Crippen LogP contribution in [0, 0.1) is 29.0 Å². The van der Waals surface area contributed by atoms with Crippen LogP contribution < -0.4 is 26.4 Å². The lowest BCUT2D eigenvalue weighted by molar-refractivity contribution is -0.123. The standard InChI is InChI=1S/C33H38FN5O4S/c1-19(31(36)42)39(25-6-4-24(34)5-7-25)32-38-30(35)29(44-32)28(41)23-2-8-26(9-3-23)43-18-27(40)37-11-10-33-15-20-12-21(16-33)14-22(13-20)17-33/h2-9,19-22H,10-18,35H2,1H3,(H2,36,42)(H,37,40). The number of anilines is 3. The van der Waals surface area contributed by atoms with E-state index in [0.29, 0.717) is 29.0 Å². The van der Waals surface area contributed by atoms with Gasteiger partial charge in [-0.1, -0.05) is 11.3 Å². The zero-order valence-corrected chi connectivity index (χ0v) is 25.6. The number of nitrogen functional groups attached to an aromatic ring is 1. The first-order valence-corrected chi connectivity index (χ1v) is 16.1. The maximum Gasteiger partial charge on any atom is 0.257 e. The Hall–Kier alpha value is -3.99. The van der Waals surface area contributed by atoms with Gasteiger partial charge in [0.15, 0.2) is 11.7 Å². The third-order valence-electron chi connectivity index (χ3n) is 9.59. The molecule has 4 saturated carbocycles. The van der Waals surface area contributed by atoms with E-state index in [0.717, 1.165) is 35.5 Å². The summed E-state index contributed by atoms with van der Waals surface area (Å²) in [6, 6.07) is 11.1. The van der Waals surface area contributed by atoms with Gasteiger partial charge >= 0.3 is 0 Å². The van der Waals surface area contributed by atoms with Crippen molar-refractivity contribution < 1.29 is 23.5 Å². The van der Waals surface area contributed by atoms with Crippen molar-refractivity contribution >= 4 is 45.6 Å². The molecule has 0 spiro atoms. The summed E-state index contributed by atoms with van der Waals surface area (Å²) in [5.41, 5.74) is 13.0. The molecule has 9 nitrogen and oxygen atoms in total. The number of nitrogens with one attached hydrogen (secondary N) is 1. The van der Waals surface area contributed by atoms with E-state index in [1.807, 2.05) is 0 Å². The summed E-state index contributed by atoms with van der Waals surface area (Å²) in [7, 11) is 0. The molecule has 3 aromatic rings. The Balaban J connectivity index is 1.04. The number of ketones is 1. The zero-order valence-electron chi connectivity index (χ0n) is 24.8. The van der Waals surface area contributed by atoms with E-state index in [-0.39, 0.29) is 34.1 Å². The molecule has 1 unspecified atom stereocenters. The number of benzene rings is 2. The molecule has 4 fully saturated rings. The summed E-state index contributed by atoms with van der Waals surface area (Å²) in [4.78, 5) is 43.9. The molecule has 2 amide bonds. The van der Waals surface area contributed by atoms with Crippen LogP contribution in [0.15, 0.2) is 48.5 Å². The molecule has 232 valence electrons. The van der Waals surface area contributed by atoms with Crippen LogP contribution in [0.4, 0.5) is 21.0 Å². The number of nitrogens with zero attached hydrogens (tertiary/aromatic N) is 2. The molecule has 1 aromatic heterocycles. The van der Waals surface area contributed by atoms with Gasteiger partial charge in [0.05, 0.1) is 0 Å². The van der Waals surface area contributed by atoms with Crippen molar-refractivity contribution in [1.29, 1.82) is 0 Å². The van der Waals surface area contributed by atoms with Gasteiger partial charge in [0.2, 0.25) is 11.7 Å². The number of thiazole rings is 1. The Morgan fingerprint density at radius 2 is 1.66 bits per heavy atom. The number of hydrogen-bond acceptors (Lipinski definition) is 8. The third-order valence-corrected chi connectivity index (χ3v) is 10.7. The van der Waals surface area contributed by atoms with E-state index >= 15 is 0 Å². The number of hydrogen-bond donors (Lipinski definition) is 3. The highest BCUT2D eigenvalue weighted by Crippen LogP contribution is 2.61. The number of carbonyl (C=O) groups excluding carboxylic acids is 3. The van der Waals surface area contributed by atoms with Gasteiger partial charge in [-0.2, -0.15) is 0 Å². The largest absolute Gasteiger partial charge is 0.484 e. The topological polar surface area (TPSA) is 141 Å². The highest BCUT2D eigenvalue weighted by Gasteiger charge is 2.50. The first-order valence-electron chi connectivity index (χ1n) is 15.2. The average molecular weight is 620 g/mol. The molecule has 44 heavy (non-hydrogen) atoms. The highest BCUT2D eigenvalue weighted by atomic mass is 32.1. The van der Waals surface area contributed by atoms with Crippen molar-refractivity contribution in [2.24, 2.45) is 28.9 Å². The first kappa shape index (κ1) is 30.1. The van der Waals surface area contributed by atoms with Crippen molar-refractivity contribution in [3.8, 4) is 5.75 Å². The average Bonchev–Trinajstić information content (AvgIpc) is 3.37. The Morgan fingerprint density at radius 1 is 1.05 bits per heavy atom. The summed E-state index contributed by atoms with van der Waals surface area (Å²) in [6.45, 7) is 2.17. The van der Waals surface area contributed by atoms with Crippen LogP contribution in [0.3, 0.4) is 0 Å². The molecule has 0 aliphatic heterocycles. The van der Waals surface area contributed by atoms with Crippen molar-refractivity contribution in [1.82, 2.24) is 10.3 Å². The van der Waals surface area contributed by atoms with Crippen LogP contribution in [-0.2, 0) is 9.59 Å². The van der Waals surface area contributed by atoms with Crippen molar-refractivity contribution in [2.45, 2.75) is 57.9 Å². The minimum Gasteiger partial charge on any atom is -0.484 e. The number of aromatic nitrogens is 1. The molecule has 5 N–H and O–H groups in total. The van der Waals surface area contributed by atoms with Crippen LogP contribution in [-0.4, -0.2) is 41.8 Å². The predicted molar refractivity (Wildman–Crippen MR) is 167 cm³/mol. The molecule has 0 saturated heterocycles. The Morgan fingerprint density at radius 3 is 2.25 bits per heavy atom. The van der Waals surface area contributed by atoms with E-state index in [2.05, 4.69) is 10.3 Å². The molecule has 0 radical (unpaired) electrons. The van der Waals surface area contributed by atoms with Gasteiger partial charge in [-0.25, -0.2) is 9.37 Å². The Labute approximate surface area is 260 Å². The fraction of sp³-hybridized carbons (Fsp3) is 0.455. The number of nitrogens with two attached hydrogens (primary N) is 2. The van der Waals surface area contributed by atoms with E-state index in [4.69, 9.17) is 16.2 Å².